The summed E-state index contributed by atoms with van der Waals surface area (Å²) in [5, 5.41) is 19.4. The number of hydrogen-bond acceptors (Lipinski definition) is 9. The van der Waals surface area contributed by atoms with Crippen molar-refractivity contribution in [2.75, 3.05) is 24.3 Å². The number of nitrogens with zero attached hydrogens (tertiary/aromatic N) is 2. The van der Waals surface area contributed by atoms with Crippen molar-refractivity contribution in [3.63, 3.8) is 0 Å². The molecule has 8 N–H and O–H groups in total. The first-order valence-electron chi connectivity index (χ1n) is 16.3. The second kappa shape index (κ2) is 17.8. The number of primary amides is 1. The second-order valence-electron chi connectivity index (χ2n) is 11.9. The highest BCUT2D eigenvalue weighted by atomic mass is 19.4. The number of fused-ring (bicyclic) bond motifs is 1. The Kier molecular flexibility index (Phi) is 13.4. The summed E-state index contributed by atoms with van der Waals surface area (Å²) in [6.45, 7) is 3.01. The molecule has 0 bridgehead atoms. The molecule has 56 heavy (non-hydrogen) atoms. The molecule has 1 amide bonds. The topological polar surface area (TPSA) is 216 Å². The Morgan fingerprint density at radius 3 is 2.25 bits per heavy atom. The molecule has 1 aliphatic heterocycles. The summed E-state index contributed by atoms with van der Waals surface area (Å²) in [5.41, 5.74) is 15.2. The highest BCUT2D eigenvalue weighted by Gasteiger charge is 2.39. The number of nitrogens with two attached hydrogens (primary N) is 2. The number of aromatic nitrogens is 3. The van der Waals surface area contributed by atoms with Crippen LogP contribution >= 0.6 is 0 Å². The summed E-state index contributed by atoms with van der Waals surface area (Å²) < 4.78 is 91.4. The van der Waals surface area contributed by atoms with Crippen LogP contribution in [0.5, 0.6) is 5.75 Å². The van der Waals surface area contributed by atoms with E-state index in [1.807, 2.05) is 43.3 Å². The number of benzene rings is 3. The van der Waals surface area contributed by atoms with Crippen LogP contribution in [0.4, 0.5) is 42.2 Å². The van der Waals surface area contributed by atoms with Crippen molar-refractivity contribution in [3.8, 4) is 17.0 Å². The number of aromatic amines is 1. The number of amides is 1. The van der Waals surface area contributed by atoms with Crippen molar-refractivity contribution in [1.82, 2.24) is 15.0 Å². The summed E-state index contributed by atoms with van der Waals surface area (Å²) in [6, 6.07) is 17.4. The number of anilines is 2. The fourth-order valence-electron chi connectivity index (χ4n) is 5.27. The van der Waals surface area contributed by atoms with Gasteiger partial charge in [0, 0.05) is 40.4 Å². The Balaban J connectivity index is 0.000000425. The summed E-state index contributed by atoms with van der Waals surface area (Å²) in [4.78, 5) is 42.0. The van der Waals surface area contributed by atoms with Crippen LogP contribution in [-0.4, -0.2) is 74.7 Å². The molecule has 20 heteroatoms. The van der Waals surface area contributed by atoms with E-state index >= 15 is 4.39 Å². The van der Waals surface area contributed by atoms with Crippen molar-refractivity contribution < 1.29 is 64.8 Å². The Labute approximate surface area is 312 Å². The van der Waals surface area contributed by atoms with E-state index in [9.17, 15) is 31.1 Å². The molecule has 1 aliphatic rings. The van der Waals surface area contributed by atoms with E-state index in [1.54, 1.807) is 36.7 Å². The lowest BCUT2D eigenvalue weighted by Gasteiger charge is -2.23. The van der Waals surface area contributed by atoms with Gasteiger partial charge in [0.1, 0.15) is 23.8 Å². The number of ether oxygens (including phenoxy) is 2. The van der Waals surface area contributed by atoms with E-state index < -0.39 is 42.1 Å². The quantitative estimate of drug-likeness (QED) is 0.0870. The number of carbonyl (C=O) groups is 3. The van der Waals surface area contributed by atoms with Crippen molar-refractivity contribution in [3.05, 3.63) is 101 Å². The smallest absolute Gasteiger partial charge is 0.485 e. The number of aliphatic carboxylic acids is 2. The zero-order valence-corrected chi connectivity index (χ0v) is 29.0. The fraction of sp³-hybridized carbons (Fsp3) is 0.250. The maximum Gasteiger partial charge on any atom is 0.490 e. The van der Waals surface area contributed by atoms with Gasteiger partial charge in [0.2, 0.25) is 5.91 Å². The standard InChI is InChI=1S/C32H31FN6O3.2C2HF3O2/c1-2-18-13-25(28(33)27(14-18)42-21-10-12-41-17-21)29(38-20-7-8-22-19(15-20)9-11-36-30(22)34)32-37-16-26(39-32)23-5-3-4-6-24(23)31(35)40;2*3-2(4,5)1(6)7/h3-9,11,13-16,21,29,38H,2,10,12,17H2,1H3,(H2,34,36)(H2,35,40)(H,37,39);2*(H,6,7)/t21-,29?;;/m0../s1. The molecule has 2 atom stereocenters. The van der Waals surface area contributed by atoms with Gasteiger partial charge >= 0.3 is 24.3 Å². The van der Waals surface area contributed by atoms with Crippen LogP contribution in [0.15, 0.2) is 73.1 Å². The van der Waals surface area contributed by atoms with Crippen LogP contribution in [0.3, 0.4) is 0 Å². The molecule has 2 aromatic heterocycles. The van der Waals surface area contributed by atoms with Gasteiger partial charge in [-0.15, -0.1) is 0 Å². The normalized spacial score (nSPS) is 14.5. The highest BCUT2D eigenvalue weighted by Crippen LogP contribution is 2.36. The average Bonchev–Trinajstić information content (AvgIpc) is 3.84. The number of nitrogen functional groups attached to an aromatic ring is 1. The monoisotopic (exact) mass is 794 g/mol. The Morgan fingerprint density at radius 1 is 1.00 bits per heavy atom. The number of halogens is 7. The molecule has 1 unspecified atom stereocenters. The predicted molar refractivity (Wildman–Crippen MR) is 187 cm³/mol. The zero-order chi connectivity index (χ0) is 41.4. The Hall–Kier alpha value is -6.44. The maximum atomic E-state index is 16.4. The largest absolute Gasteiger partial charge is 0.490 e. The molecule has 3 aromatic carbocycles. The molecule has 0 saturated carbocycles. The molecule has 298 valence electrons. The molecular weight excluding hydrogens is 761 g/mol. The number of hydrogen-bond donors (Lipinski definition) is 6. The number of imidazole rings is 1. The Bertz CT molecular complexity index is 2160. The van der Waals surface area contributed by atoms with Gasteiger partial charge in [-0.25, -0.2) is 23.9 Å². The van der Waals surface area contributed by atoms with E-state index in [4.69, 9.17) is 40.7 Å². The molecule has 1 saturated heterocycles. The average molecular weight is 795 g/mol. The number of alkyl halides is 6. The summed E-state index contributed by atoms with van der Waals surface area (Å²) in [7, 11) is 0. The lowest BCUT2D eigenvalue weighted by molar-refractivity contribution is -0.193. The van der Waals surface area contributed by atoms with Crippen LogP contribution in [0, 0.1) is 5.82 Å². The molecule has 5 aromatic rings. The molecule has 1 fully saturated rings. The van der Waals surface area contributed by atoms with Gasteiger partial charge < -0.3 is 41.5 Å². The van der Waals surface area contributed by atoms with Crippen LogP contribution in [0.1, 0.15) is 46.7 Å². The Morgan fingerprint density at radius 2 is 1.66 bits per heavy atom. The zero-order valence-electron chi connectivity index (χ0n) is 29.0. The summed E-state index contributed by atoms with van der Waals surface area (Å²) in [5.74, 6) is -5.50. The van der Waals surface area contributed by atoms with Gasteiger partial charge in [0.05, 0.1) is 25.1 Å². The van der Waals surface area contributed by atoms with E-state index in [0.717, 1.165) is 22.0 Å². The number of carboxylic acid groups (broad SMARTS) is 2. The number of aryl methyl sites for hydroxylation is 1. The number of carbonyl (C=O) groups excluding carboxylic acids is 1. The first-order valence-corrected chi connectivity index (χ1v) is 16.3. The molecule has 13 nitrogen and oxygen atoms in total. The van der Waals surface area contributed by atoms with Crippen molar-refractivity contribution >= 4 is 40.1 Å². The third-order valence-electron chi connectivity index (χ3n) is 7.97. The number of carboxylic acids is 2. The number of rotatable bonds is 9. The van der Waals surface area contributed by atoms with Gasteiger partial charge in [-0.2, -0.15) is 26.3 Å². The van der Waals surface area contributed by atoms with Gasteiger partial charge in [0.25, 0.3) is 0 Å². The van der Waals surface area contributed by atoms with Crippen molar-refractivity contribution in [2.45, 2.75) is 44.3 Å². The molecule has 0 radical (unpaired) electrons. The SMILES string of the molecule is CCc1cc(O[C@H]2CCOC2)c(F)c(C(Nc2ccc3c(N)nccc3c2)c2ncc(-c3ccccc3C(N)=O)[nH]2)c1.O=C(O)C(F)(F)F.O=C(O)C(F)(F)F. The first kappa shape index (κ1) is 42.3. The third-order valence-corrected chi connectivity index (χ3v) is 7.97. The minimum Gasteiger partial charge on any atom is -0.485 e. The van der Waals surface area contributed by atoms with E-state index in [2.05, 4.69) is 20.3 Å². The van der Waals surface area contributed by atoms with E-state index in [0.29, 0.717) is 60.1 Å². The van der Waals surface area contributed by atoms with Gasteiger partial charge in [-0.1, -0.05) is 31.2 Å². The van der Waals surface area contributed by atoms with Crippen LogP contribution in [0.2, 0.25) is 0 Å². The molecule has 6 rings (SSSR count). The lowest BCUT2D eigenvalue weighted by Crippen LogP contribution is -2.21. The van der Waals surface area contributed by atoms with Gasteiger partial charge in [-0.05, 0) is 53.8 Å². The van der Waals surface area contributed by atoms with E-state index in [-0.39, 0.29) is 11.9 Å². The number of H-pyrrole nitrogens is 1. The second-order valence-corrected chi connectivity index (χ2v) is 11.9. The molecule has 3 heterocycles. The molecular formula is C36H33F7N6O7. The summed E-state index contributed by atoms with van der Waals surface area (Å²) >= 11 is 0. The van der Waals surface area contributed by atoms with Gasteiger partial charge in [-0.3, -0.25) is 4.79 Å². The molecule has 0 aliphatic carbocycles. The first-order chi connectivity index (χ1) is 26.3. The number of pyridine rings is 1. The lowest BCUT2D eigenvalue weighted by atomic mass is 9.99. The number of nitrogens with one attached hydrogen (secondary N) is 2. The minimum atomic E-state index is -5.08. The third kappa shape index (κ3) is 10.8. The molecule has 0 spiro atoms. The maximum absolute atomic E-state index is 16.4. The van der Waals surface area contributed by atoms with Crippen molar-refractivity contribution in [1.29, 1.82) is 0 Å². The summed E-state index contributed by atoms with van der Waals surface area (Å²) in [6.07, 6.45) is -5.74. The predicted octanol–water partition coefficient (Wildman–Crippen LogP) is 6.64. The van der Waals surface area contributed by atoms with Crippen LogP contribution in [-0.2, 0) is 20.7 Å². The van der Waals surface area contributed by atoms with E-state index in [1.165, 1.54) is 0 Å². The minimum absolute atomic E-state index is 0.176. The van der Waals surface area contributed by atoms with Crippen LogP contribution in [0.25, 0.3) is 22.0 Å². The van der Waals surface area contributed by atoms with Crippen molar-refractivity contribution in [2.24, 2.45) is 5.73 Å². The van der Waals surface area contributed by atoms with Crippen LogP contribution < -0.4 is 21.5 Å². The highest BCUT2D eigenvalue weighted by molar-refractivity contribution is 5.99. The fourth-order valence-corrected chi connectivity index (χ4v) is 5.27. The van der Waals surface area contributed by atoms with Gasteiger partial charge in [0.15, 0.2) is 11.6 Å².